The summed E-state index contributed by atoms with van der Waals surface area (Å²) in [5.41, 5.74) is 5.82. The van der Waals surface area contributed by atoms with E-state index < -0.39 is 0 Å². The van der Waals surface area contributed by atoms with Gasteiger partial charge in [-0.05, 0) is 51.5 Å². The Morgan fingerprint density at radius 1 is 1.00 bits per heavy atom. The summed E-state index contributed by atoms with van der Waals surface area (Å²) >= 11 is 0. The van der Waals surface area contributed by atoms with Crippen LogP contribution in [-0.2, 0) is 4.74 Å². The number of aryl methyl sites for hydroxylation is 1. The molecule has 1 N–H and O–H groups in total. The summed E-state index contributed by atoms with van der Waals surface area (Å²) in [7, 11) is 0. The van der Waals surface area contributed by atoms with E-state index in [4.69, 9.17) is 9.72 Å². The van der Waals surface area contributed by atoms with Crippen molar-refractivity contribution in [1.29, 1.82) is 0 Å². The lowest BCUT2D eigenvalue weighted by Crippen LogP contribution is -2.41. The fourth-order valence-corrected chi connectivity index (χ4v) is 4.59. The van der Waals surface area contributed by atoms with Gasteiger partial charge in [0.05, 0.1) is 36.1 Å². The first kappa shape index (κ1) is 24.6. The maximum absolute atomic E-state index is 13.7. The molecule has 8 heteroatoms. The molecular formula is C29H31N5O3. The van der Waals surface area contributed by atoms with Crippen LogP contribution in [0.25, 0.3) is 22.3 Å². The highest BCUT2D eigenvalue weighted by atomic mass is 16.5. The maximum atomic E-state index is 13.7. The van der Waals surface area contributed by atoms with Gasteiger partial charge >= 0.3 is 0 Å². The maximum Gasteiger partial charge on any atom is 0.256 e. The third-order valence-electron chi connectivity index (χ3n) is 6.76. The summed E-state index contributed by atoms with van der Waals surface area (Å²) in [4.78, 5) is 33.5. The lowest BCUT2D eigenvalue weighted by molar-refractivity contribution is 0.0302. The van der Waals surface area contributed by atoms with Crippen molar-refractivity contribution in [2.75, 3.05) is 31.6 Å². The van der Waals surface area contributed by atoms with Crippen LogP contribution in [0.3, 0.4) is 0 Å². The van der Waals surface area contributed by atoms with Gasteiger partial charge in [0.15, 0.2) is 5.65 Å². The monoisotopic (exact) mass is 497 g/mol. The van der Waals surface area contributed by atoms with Crippen molar-refractivity contribution < 1.29 is 14.3 Å². The number of rotatable bonds is 5. The first-order valence-electron chi connectivity index (χ1n) is 12.6. The number of fused-ring (bicyclic) bond motifs is 1. The van der Waals surface area contributed by atoms with E-state index in [9.17, 15) is 9.59 Å². The summed E-state index contributed by atoms with van der Waals surface area (Å²) in [6, 6.07) is 15.4. The van der Waals surface area contributed by atoms with Gasteiger partial charge in [-0.3, -0.25) is 9.59 Å². The van der Waals surface area contributed by atoms with Gasteiger partial charge in [-0.2, -0.15) is 5.10 Å². The third-order valence-corrected chi connectivity index (χ3v) is 6.76. The lowest BCUT2D eigenvalue weighted by atomic mass is 10.0. The van der Waals surface area contributed by atoms with E-state index >= 15 is 0 Å². The molecule has 37 heavy (non-hydrogen) atoms. The number of nitrogens with one attached hydrogen (secondary N) is 1. The van der Waals surface area contributed by atoms with Crippen LogP contribution >= 0.6 is 0 Å². The van der Waals surface area contributed by atoms with Crippen molar-refractivity contribution in [3.63, 3.8) is 0 Å². The van der Waals surface area contributed by atoms with Crippen LogP contribution in [0.4, 0.5) is 5.69 Å². The number of ether oxygens (including phenoxy) is 1. The largest absolute Gasteiger partial charge is 0.378 e. The van der Waals surface area contributed by atoms with Crippen molar-refractivity contribution in [2.45, 2.75) is 33.7 Å². The Morgan fingerprint density at radius 2 is 1.73 bits per heavy atom. The predicted molar refractivity (Wildman–Crippen MR) is 144 cm³/mol. The number of anilines is 1. The molecule has 8 nitrogen and oxygen atoms in total. The number of aromatic nitrogens is 3. The second-order valence-corrected chi connectivity index (χ2v) is 9.68. The molecule has 1 saturated heterocycles. The average molecular weight is 498 g/mol. The van der Waals surface area contributed by atoms with Crippen molar-refractivity contribution in [2.24, 2.45) is 0 Å². The molecule has 1 fully saturated rings. The molecule has 3 heterocycles. The summed E-state index contributed by atoms with van der Waals surface area (Å²) in [5, 5.41) is 8.24. The molecule has 2 aromatic heterocycles. The molecule has 1 aliphatic rings. The highest BCUT2D eigenvalue weighted by Crippen LogP contribution is 2.28. The number of morpholine rings is 1. The molecule has 0 bridgehead atoms. The van der Waals surface area contributed by atoms with Crippen LogP contribution < -0.4 is 5.32 Å². The topological polar surface area (TPSA) is 89.4 Å². The van der Waals surface area contributed by atoms with Crippen LogP contribution in [0.1, 0.15) is 51.7 Å². The molecule has 1 aliphatic heterocycles. The minimum atomic E-state index is -0.275. The Labute approximate surface area is 216 Å². The normalized spacial score (nSPS) is 13.8. The van der Waals surface area contributed by atoms with Crippen molar-refractivity contribution >= 4 is 28.5 Å². The minimum Gasteiger partial charge on any atom is -0.378 e. The minimum absolute atomic E-state index is 0.0527. The van der Waals surface area contributed by atoms with E-state index in [2.05, 4.69) is 10.4 Å². The lowest BCUT2D eigenvalue weighted by Gasteiger charge is -2.27. The Bertz CT molecular complexity index is 1470. The molecule has 0 atom stereocenters. The Hall–Kier alpha value is -4.04. The van der Waals surface area contributed by atoms with Gasteiger partial charge in [-0.1, -0.05) is 35.9 Å². The second kappa shape index (κ2) is 10.1. The second-order valence-electron chi connectivity index (χ2n) is 9.68. The van der Waals surface area contributed by atoms with Crippen LogP contribution in [-0.4, -0.2) is 57.8 Å². The Balaban J connectivity index is 1.52. The van der Waals surface area contributed by atoms with Gasteiger partial charge in [-0.15, -0.1) is 0 Å². The number of amides is 2. The van der Waals surface area contributed by atoms with Crippen molar-refractivity contribution in [1.82, 2.24) is 19.7 Å². The van der Waals surface area contributed by atoms with E-state index in [1.165, 1.54) is 0 Å². The van der Waals surface area contributed by atoms with Gasteiger partial charge in [0, 0.05) is 35.9 Å². The summed E-state index contributed by atoms with van der Waals surface area (Å²) in [5.74, 6) is -0.328. The Kier molecular flexibility index (Phi) is 6.76. The van der Waals surface area contributed by atoms with Gasteiger partial charge in [0.1, 0.15) is 0 Å². The number of nitrogens with zero attached hydrogens (tertiary/aromatic N) is 4. The van der Waals surface area contributed by atoms with Gasteiger partial charge in [-0.25, -0.2) is 9.67 Å². The van der Waals surface area contributed by atoms with E-state index in [0.717, 1.165) is 16.7 Å². The number of hydrogen-bond acceptors (Lipinski definition) is 5. The number of hydrogen-bond donors (Lipinski definition) is 1. The van der Waals surface area contributed by atoms with E-state index in [1.54, 1.807) is 23.2 Å². The molecule has 0 unspecified atom stereocenters. The van der Waals surface area contributed by atoms with Crippen LogP contribution in [0.5, 0.6) is 0 Å². The van der Waals surface area contributed by atoms with Gasteiger partial charge < -0.3 is 15.0 Å². The molecule has 0 radical (unpaired) electrons. The zero-order valence-corrected chi connectivity index (χ0v) is 21.6. The zero-order chi connectivity index (χ0) is 26.1. The molecule has 0 saturated carbocycles. The average Bonchev–Trinajstić information content (AvgIpc) is 3.34. The summed E-state index contributed by atoms with van der Waals surface area (Å²) in [6.07, 6.45) is 1.70. The highest BCUT2D eigenvalue weighted by molar-refractivity contribution is 6.13. The van der Waals surface area contributed by atoms with Crippen LogP contribution in [0.2, 0.25) is 0 Å². The number of carbonyl (C=O) groups excluding carboxylic acids is 2. The molecular weight excluding hydrogens is 466 g/mol. The number of carbonyl (C=O) groups is 2. The smallest absolute Gasteiger partial charge is 0.256 e. The molecule has 4 aromatic rings. The third kappa shape index (κ3) is 4.84. The van der Waals surface area contributed by atoms with E-state index in [1.807, 2.05) is 68.8 Å². The predicted octanol–water partition coefficient (Wildman–Crippen LogP) is 5.02. The van der Waals surface area contributed by atoms with Crippen molar-refractivity contribution in [3.8, 4) is 11.3 Å². The van der Waals surface area contributed by atoms with Crippen molar-refractivity contribution in [3.05, 3.63) is 77.0 Å². The van der Waals surface area contributed by atoms with Gasteiger partial charge in [0.2, 0.25) is 0 Å². The summed E-state index contributed by atoms with van der Waals surface area (Å²) in [6.45, 7) is 10.2. The molecule has 2 aromatic carbocycles. The van der Waals surface area contributed by atoms with E-state index in [0.29, 0.717) is 59.8 Å². The standard InChI is InChI=1S/C29H31N5O3/c1-18(2)34-27-24(17-30-34)23(16-26(31-27)21-10-8-19(3)9-11-21)28(35)32-25-7-5-6-22(20(25)4)29(36)33-12-14-37-15-13-33/h5-11,16-18H,12-15H2,1-4H3,(H,32,35). The Morgan fingerprint density at radius 3 is 2.43 bits per heavy atom. The summed E-state index contributed by atoms with van der Waals surface area (Å²) < 4.78 is 7.21. The SMILES string of the molecule is Cc1ccc(-c2cc(C(=O)Nc3cccc(C(=O)N4CCOCC4)c3C)c3cnn(C(C)C)c3n2)cc1. The van der Waals surface area contributed by atoms with E-state index in [-0.39, 0.29) is 17.9 Å². The molecule has 5 rings (SSSR count). The molecule has 2 amide bonds. The zero-order valence-electron chi connectivity index (χ0n) is 21.6. The van der Waals surface area contributed by atoms with Crippen LogP contribution in [0.15, 0.2) is 54.7 Å². The molecule has 0 aliphatic carbocycles. The quantitative estimate of drug-likeness (QED) is 0.418. The highest BCUT2D eigenvalue weighted by Gasteiger charge is 2.23. The fraction of sp³-hybridized carbons (Fsp3) is 0.310. The first-order valence-corrected chi connectivity index (χ1v) is 12.6. The first-order chi connectivity index (χ1) is 17.8. The fourth-order valence-electron chi connectivity index (χ4n) is 4.59. The van der Waals surface area contributed by atoms with Crippen LogP contribution in [0, 0.1) is 13.8 Å². The van der Waals surface area contributed by atoms with Gasteiger partial charge in [0.25, 0.3) is 11.8 Å². The number of pyridine rings is 1. The molecule has 190 valence electrons. The number of benzene rings is 2. The molecule has 0 spiro atoms.